The third-order valence-corrected chi connectivity index (χ3v) is 6.52. The van der Waals surface area contributed by atoms with Crippen molar-refractivity contribution in [2.75, 3.05) is 20.2 Å². The second-order valence-electron chi connectivity index (χ2n) is 7.77. The van der Waals surface area contributed by atoms with E-state index >= 15 is 0 Å². The molecule has 4 rings (SSSR count). The number of hydrogen-bond acceptors (Lipinski definition) is 4. The molecule has 0 aliphatic carbocycles. The van der Waals surface area contributed by atoms with Crippen LogP contribution in [-0.2, 0) is 17.9 Å². The highest BCUT2D eigenvalue weighted by atomic mass is 32.1. The number of likely N-dealkylation sites (tertiary alicyclic amines) is 1. The Balaban J connectivity index is 1.38. The number of carbonyl (C=O) groups excluding carboxylic acids is 1. The van der Waals surface area contributed by atoms with E-state index in [1.807, 2.05) is 29.6 Å². The molecule has 1 aliphatic rings. The highest BCUT2D eigenvalue weighted by molar-refractivity contribution is 7.09. The third-order valence-electron chi connectivity index (χ3n) is 5.64. The maximum atomic E-state index is 12.7. The number of nitrogens with zero attached hydrogens (tertiary/aromatic N) is 1. The number of nitrogens with one attached hydrogen (secondary N) is 1. The minimum atomic E-state index is 0.0658. The molecule has 2 aromatic carbocycles. The number of methoxy groups -OCH3 is 1. The van der Waals surface area contributed by atoms with Gasteiger partial charge in [0.25, 0.3) is 0 Å². The van der Waals surface area contributed by atoms with Crippen LogP contribution in [0.15, 0.2) is 66.0 Å². The van der Waals surface area contributed by atoms with Gasteiger partial charge in [-0.15, -0.1) is 11.3 Å². The Morgan fingerprint density at radius 3 is 2.90 bits per heavy atom. The van der Waals surface area contributed by atoms with Gasteiger partial charge >= 0.3 is 0 Å². The van der Waals surface area contributed by atoms with Crippen molar-refractivity contribution in [1.29, 1.82) is 0 Å². The number of amides is 1. The number of hydrogen-bond donors (Lipinski definition) is 1. The lowest BCUT2D eigenvalue weighted by atomic mass is 9.96. The second-order valence-corrected chi connectivity index (χ2v) is 8.80. The summed E-state index contributed by atoms with van der Waals surface area (Å²) in [5, 5.41) is 5.16. The Kier molecular flexibility index (Phi) is 6.82. The van der Waals surface area contributed by atoms with Crippen LogP contribution >= 0.6 is 11.3 Å². The van der Waals surface area contributed by atoms with Crippen molar-refractivity contribution in [1.82, 2.24) is 10.2 Å². The molecule has 1 atom stereocenters. The average Bonchev–Trinajstić information content (AvgIpc) is 3.31. The summed E-state index contributed by atoms with van der Waals surface area (Å²) in [6.07, 6.45) is 2.03. The fourth-order valence-electron chi connectivity index (χ4n) is 4.12. The Bertz CT molecular complexity index is 971. The monoisotopic (exact) mass is 420 g/mol. The minimum Gasteiger partial charge on any atom is -0.496 e. The fraction of sp³-hybridized carbons (Fsp3) is 0.320. The largest absolute Gasteiger partial charge is 0.496 e. The second kappa shape index (κ2) is 9.92. The first-order chi connectivity index (χ1) is 14.7. The predicted molar refractivity (Wildman–Crippen MR) is 123 cm³/mol. The van der Waals surface area contributed by atoms with Crippen molar-refractivity contribution < 1.29 is 9.53 Å². The van der Waals surface area contributed by atoms with Crippen LogP contribution in [0, 0.1) is 5.92 Å². The number of thiophene rings is 1. The molecule has 0 radical (unpaired) electrons. The first-order valence-electron chi connectivity index (χ1n) is 10.5. The summed E-state index contributed by atoms with van der Waals surface area (Å²) in [6.45, 7) is 3.34. The minimum absolute atomic E-state index is 0.0658. The summed E-state index contributed by atoms with van der Waals surface area (Å²) < 4.78 is 5.53. The Hall–Kier alpha value is -2.63. The molecule has 2 heterocycles. The van der Waals surface area contributed by atoms with E-state index in [0.717, 1.165) is 49.4 Å². The van der Waals surface area contributed by atoms with E-state index < -0.39 is 0 Å². The van der Waals surface area contributed by atoms with E-state index in [1.165, 1.54) is 10.4 Å². The molecular formula is C25H28N2O2S. The topological polar surface area (TPSA) is 41.6 Å². The smallest absolute Gasteiger partial charge is 0.224 e. The van der Waals surface area contributed by atoms with Crippen molar-refractivity contribution in [2.24, 2.45) is 5.92 Å². The summed E-state index contributed by atoms with van der Waals surface area (Å²) in [5.74, 6) is 1.13. The van der Waals surface area contributed by atoms with Gasteiger partial charge in [0.05, 0.1) is 19.6 Å². The van der Waals surface area contributed by atoms with Crippen LogP contribution in [0.5, 0.6) is 5.75 Å². The molecule has 5 heteroatoms. The maximum absolute atomic E-state index is 12.7. The molecule has 1 aromatic heterocycles. The van der Waals surface area contributed by atoms with E-state index in [1.54, 1.807) is 18.4 Å². The van der Waals surface area contributed by atoms with Gasteiger partial charge in [0, 0.05) is 23.5 Å². The summed E-state index contributed by atoms with van der Waals surface area (Å²) in [5.41, 5.74) is 3.52. The number of carbonyl (C=O) groups is 1. The fourth-order valence-corrected chi connectivity index (χ4v) is 4.77. The highest BCUT2D eigenvalue weighted by Gasteiger charge is 2.25. The van der Waals surface area contributed by atoms with Crippen LogP contribution in [0.2, 0.25) is 0 Å². The standard InChI is InChI=1S/C25H28N2O2S/c1-29-24-12-3-2-11-23(24)20-8-4-7-19(15-20)17-27-13-5-9-21(18-27)25(28)26-16-22-10-6-14-30-22/h2-4,6-8,10-12,14-15,21H,5,9,13,16-18H2,1H3,(H,26,28). The third kappa shape index (κ3) is 5.10. The summed E-state index contributed by atoms with van der Waals surface area (Å²) in [6, 6.07) is 20.8. The maximum Gasteiger partial charge on any atom is 0.224 e. The van der Waals surface area contributed by atoms with Crippen LogP contribution < -0.4 is 10.1 Å². The number of benzene rings is 2. The van der Waals surface area contributed by atoms with Crippen molar-refractivity contribution in [2.45, 2.75) is 25.9 Å². The van der Waals surface area contributed by atoms with Gasteiger partial charge in [0.1, 0.15) is 5.75 Å². The molecule has 1 N–H and O–H groups in total. The Morgan fingerprint density at radius 2 is 2.07 bits per heavy atom. The van der Waals surface area contributed by atoms with Gasteiger partial charge in [0.2, 0.25) is 5.91 Å². The predicted octanol–water partition coefficient (Wildman–Crippen LogP) is 4.95. The van der Waals surface area contributed by atoms with Crippen LogP contribution in [0.3, 0.4) is 0 Å². The van der Waals surface area contributed by atoms with E-state index in [2.05, 4.69) is 46.6 Å². The van der Waals surface area contributed by atoms with Gasteiger partial charge in [0.15, 0.2) is 0 Å². The van der Waals surface area contributed by atoms with Crippen molar-refractivity contribution in [3.63, 3.8) is 0 Å². The van der Waals surface area contributed by atoms with Gasteiger partial charge in [-0.3, -0.25) is 9.69 Å². The lowest BCUT2D eigenvalue weighted by Gasteiger charge is -2.32. The quantitative estimate of drug-likeness (QED) is 0.588. The molecule has 3 aromatic rings. The van der Waals surface area contributed by atoms with Crippen LogP contribution in [0.1, 0.15) is 23.3 Å². The van der Waals surface area contributed by atoms with Crippen molar-refractivity contribution in [3.05, 3.63) is 76.5 Å². The molecule has 1 aliphatic heterocycles. The van der Waals surface area contributed by atoms with Crippen molar-refractivity contribution >= 4 is 17.2 Å². The lowest BCUT2D eigenvalue weighted by molar-refractivity contribution is -0.126. The number of para-hydroxylation sites is 1. The van der Waals surface area contributed by atoms with Gasteiger partial charge in [-0.05, 0) is 54.1 Å². The van der Waals surface area contributed by atoms with Gasteiger partial charge < -0.3 is 10.1 Å². The molecule has 1 fully saturated rings. The molecule has 0 bridgehead atoms. The van der Waals surface area contributed by atoms with Gasteiger partial charge in [-0.2, -0.15) is 0 Å². The van der Waals surface area contributed by atoms with Crippen molar-refractivity contribution in [3.8, 4) is 16.9 Å². The SMILES string of the molecule is COc1ccccc1-c1cccc(CN2CCCC(C(=O)NCc3cccs3)C2)c1. The molecule has 1 amide bonds. The summed E-state index contributed by atoms with van der Waals surface area (Å²) in [4.78, 5) is 16.3. The molecule has 4 nitrogen and oxygen atoms in total. The Morgan fingerprint density at radius 1 is 1.17 bits per heavy atom. The number of ether oxygens (including phenoxy) is 1. The molecular weight excluding hydrogens is 392 g/mol. The normalized spacial score (nSPS) is 16.9. The van der Waals surface area contributed by atoms with Crippen LogP contribution in [0.25, 0.3) is 11.1 Å². The molecule has 0 spiro atoms. The van der Waals surface area contributed by atoms with E-state index in [0.29, 0.717) is 6.54 Å². The molecule has 156 valence electrons. The highest BCUT2D eigenvalue weighted by Crippen LogP contribution is 2.30. The zero-order valence-electron chi connectivity index (χ0n) is 17.3. The van der Waals surface area contributed by atoms with Crippen LogP contribution in [-0.4, -0.2) is 31.0 Å². The zero-order valence-corrected chi connectivity index (χ0v) is 18.2. The van der Waals surface area contributed by atoms with E-state index in [4.69, 9.17) is 4.74 Å². The molecule has 1 saturated heterocycles. The molecule has 30 heavy (non-hydrogen) atoms. The average molecular weight is 421 g/mol. The van der Waals surface area contributed by atoms with Gasteiger partial charge in [-0.1, -0.05) is 42.5 Å². The molecule has 0 saturated carbocycles. The van der Waals surface area contributed by atoms with E-state index in [9.17, 15) is 4.79 Å². The summed E-state index contributed by atoms with van der Waals surface area (Å²) in [7, 11) is 1.71. The first-order valence-corrected chi connectivity index (χ1v) is 11.4. The Labute approximate surface area is 182 Å². The van der Waals surface area contributed by atoms with E-state index in [-0.39, 0.29) is 11.8 Å². The van der Waals surface area contributed by atoms with Gasteiger partial charge in [-0.25, -0.2) is 0 Å². The summed E-state index contributed by atoms with van der Waals surface area (Å²) >= 11 is 1.68. The first kappa shape index (κ1) is 20.6. The molecule has 1 unspecified atom stereocenters. The number of piperidine rings is 1. The number of rotatable bonds is 7. The van der Waals surface area contributed by atoms with Crippen LogP contribution in [0.4, 0.5) is 0 Å². The zero-order chi connectivity index (χ0) is 20.8. The lowest BCUT2D eigenvalue weighted by Crippen LogP contribution is -2.42.